The van der Waals surface area contributed by atoms with Gasteiger partial charge in [-0.2, -0.15) is 0 Å². The first-order valence-electron chi connectivity index (χ1n) is 14.4. The Morgan fingerprint density at radius 2 is 1.81 bits per heavy atom. The van der Waals surface area contributed by atoms with E-state index < -0.39 is 15.4 Å². The Morgan fingerprint density at radius 1 is 1.06 bits per heavy atom. The minimum Gasteiger partial charge on any atom is -0.748 e. The molecule has 0 aromatic heterocycles. The number of carbonyl (C=O) groups excluding carboxylic acids is 1. The predicted molar refractivity (Wildman–Crippen MR) is 136 cm³/mol. The van der Waals surface area contributed by atoms with Crippen LogP contribution in [-0.4, -0.2) is 64.5 Å². The molecular weight excluding hydrogens is 478 g/mol. The third-order valence-electron chi connectivity index (χ3n) is 12.2. The first-order valence-corrected chi connectivity index (χ1v) is 15.9. The average molecular weight is 525 g/mol. The highest BCUT2D eigenvalue weighted by Gasteiger charge is 2.63. The first kappa shape index (κ1) is 26.9. The molecule has 11 atom stereocenters. The van der Waals surface area contributed by atoms with Crippen LogP contribution in [0.1, 0.15) is 91.4 Å². The van der Waals surface area contributed by atoms with Crippen molar-refractivity contribution in [1.82, 2.24) is 4.90 Å². The standard InChI is InChI=1S/C28H47NO6S/c1-17(4-9-26(32)29-13-11-20(16-29)36(33,34)35)22-7-8-23-21-6-5-18-14-19(30)10-12-27(18,2)24(21)15-25(31)28(22,23)3/h17-25,30-31H,4-16H2,1-3H3,(H,33,34,35)/p-1/t17-,18-,19-,20-,21+,22-,23+,24+,25+,27+,28-/m1/s1. The molecule has 0 bridgehead atoms. The molecule has 0 radical (unpaired) electrons. The van der Waals surface area contributed by atoms with Gasteiger partial charge in [0, 0.05) is 19.5 Å². The van der Waals surface area contributed by atoms with Crippen molar-refractivity contribution in [2.24, 2.45) is 46.3 Å². The first-order chi connectivity index (χ1) is 16.9. The molecule has 0 aromatic carbocycles. The lowest BCUT2D eigenvalue weighted by Crippen LogP contribution is -2.58. The maximum atomic E-state index is 12.8. The van der Waals surface area contributed by atoms with Crippen LogP contribution in [0.15, 0.2) is 0 Å². The minimum absolute atomic E-state index is 0.0286. The van der Waals surface area contributed by atoms with Gasteiger partial charge in [0.15, 0.2) is 0 Å². The van der Waals surface area contributed by atoms with Crippen LogP contribution in [-0.2, 0) is 14.9 Å². The van der Waals surface area contributed by atoms with Crippen LogP contribution in [0.2, 0.25) is 0 Å². The highest BCUT2D eigenvalue weighted by atomic mass is 32.2. The van der Waals surface area contributed by atoms with E-state index in [1.54, 1.807) is 4.90 Å². The van der Waals surface area contributed by atoms with Gasteiger partial charge in [0.25, 0.3) is 0 Å². The molecule has 206 valence electrons. The van der Waals surface area contributed by atoms with Gasteiger partial charge in [-0.1, -0.05) is 20.8 Å². The van der Waals surface area contributed by atoms with E-state index in [1.807, 2.05) is 0 Å². The summed E-state index contributed by atoms with van der Waals surface area (Å²) in [5, 5.41) is 21.0. The molecule has 7 nitrogen and oxygen atoms in total. The summed E-state index contributed by atoms with van der Waals surface area (Å²) in [6.07, 6.45) is 9.24. The van der Waals surface area contributed by atoms with Crippen molar-refractivity contribution in [3.8, 4) is 0 Å². The fourth-order valence-corrected chi connectivity index (χ4v) is 10.8. The molecule has 0 unspecified atom stereocenters. The predicted octanol–water partition coefficient (Wildman–Crippen LogP) is 3.54. The normalized spacial score (nSPS) is 47.7. The minimum atomic E-state index is -4.35. The molecule has 5 rings (SSSR count). The summed E-state index contributed by atoms with van der Waals surface area (Å²) < 4.78 is 34.0. The van der Waals surface area contributed by atoms with Crippen molar-refractivity contribution < 1.29 is 28.0 Å². The van der Waals surface area contributed by atoms with E-state index in [9.17, 15) is 28.0 Å². The monoisotopic (exact) mass is 524 g/mol. The van der Waals surface area contributed by atoms with Crippen molar-refractivity contribution in [3.63, 3.8) is 0 Å². The summed E-state index contributed by atoms with van der Waals surface area (Å²) in [6, 6.07) is 0. The van der Waals surface area contributed by atoms with Gasteiger partial charge in [-0.05, 0) is 111 Å². The summed E-state index contributed by atoms with van der Waals surface area (Å²) in [4.78, 5) is 14.4. The number of hydrogen-bond donors (Lipinski definition) is 2. The zero-order chi connectivity index (χ0) is 26.0. The second kappa shape index (κ2) is 9.49. The summed E-state index contributed by atoms with van der Waals surface area (Å²) >= 11 is 0. The molecule has 1 aliphatic heterocycles. The molecule has 4 saturated carbocycles. The summed E-state index contributed by atoms with van der Waals surface area (Å²) in [5.74, 6) is 2.88. The van der Waals surface area contributed by atoms with E-state index in [-0.39, 0.29) is 41.9 Å². The van der Waals surface area contributed by atoms with E-state index in [2.05, 4.69) is 20.8 Å². The number of carbonyl (C=O) groups is 1. The fourth-order valence-electron chi connectivity index (χ4n) is 10.1. The molecular formula is C28H46NO6S-. The van der Waals surface area contributed by atoms with Gasteiger partial charge < -0.3 is 19.7 Å². The number of hydrogen-bond acceptors (Lipinski definition) is 6. The van der Waals surface area contributed by atoms with Gasteiger partial charge >= 0.3 is 0 Å². The largest absolute Gasteiger partial charge is 0.748 e. The number of nitrogens with zero attached hydrogens (tertiary/aromatic N) is 1. The molecule has 5 aliphatic rings. The topological polar surface area (TPSA) is 118 Å². The van der Waals surface area contributed by atoms with Crippen molar-refractivity contribution in [1.29, 1.82) is 0 Å². The molecule has 5 fully saturated rings. The number of fused-ring (bicyclic) bond motifs is 5. The van der Waals surface area contributed by atoms with E-state index in [0.29, 0.717) is 48.5 Å². The second-order valence-corrected chi connectivity index (χ2v) is 15.3. The van der Waals surface area contributed by atoms with E-state index in [1.165, 1.54) is 12.8 Å². The lowest BCUT2D eigenvalue weighted by molar-refractivity contribution is -0.175. The van der Waals surface area contributed by atoms with Crippen LogP contribution in [0.5, 0.6) is 0 Å². The number of rotatable bonds is 5. The van der Waals surface area contributed by atoms with Crippen molar-refractivity contribution in [2.75, 3.05) is 13.1 Å². The van der Waals surface area contributed by atoms with Crippen molar-refractivity contribution in [3.05, 3.63) is 0 Å². The molecule has 36 heavy (non-hydrogen) atoms. The van der Waals surface area contributed by atoms with E-state index in [4.69, 9.17) is 0 Å². The van der Waals surface area contributed by atoms with Crippen LogP contribution in [0.25, 0.3) is 0 Å². The van der Waals surface area contributed by atoms with Gasteiger partial charge in [0.2, 0.25) is 5.91 Å². The molecule has 1 saturated heterocycles. The van der Waals surface area contributed by atoms with Gasteiger partial charge in [-0.15, -0.1) is 0 Å². The highest BCUT2D eigenvalue weighted by Crippen LogP contribution is 2.68. The molecule has 8 heteroatoms. The van der Waals surface area contributed by atoms with Gasteiger partial charge in [-0.3, -0.25) is 4.79 Å². The van der Waals surface area contributed by atoms with E-state index in [0.717, 1.165) is 44.9 Å². The van der Waals surface area contributed by atoms with Crippen LogP contribution in [0.3, 0.4) is 0 Å². The Balaban J connectivity index is 1.24. The maximum Gasteiger partial charge on any atom is 0.222 e. The Kier molecular flexibility index (Phi) is 7.09. The molecule has 4 aliphatic carbocycles. The Hall–Kier alpha value is -0.700. The number of aliphatic hydroxyl groups excluding tert-OH is 2. The summed E-state index contributed by atoms with van der Waals surface area (Å²) in [7, 11) is -4.35. The molecule has 1 amide bonds. The molecule has 1 heterocycles. The van der Waals surface area contributed by atoms with Crippen LogP contribution in [0.4, 0.5) is 0 Å². The van der Waals surface area contributed by atoms with Gasteiger partial charge in [0.05, 0.1) is 27.6 Å². The zero-order valence-corrected chi connectivity index (χ0v) is 23.1. The van der Waals surface area contributed by atoms with Crippen LogP contribution < -0.4 is 0 Å². The quantitative estimate of drug-likeness (QED) is 0.531. The Labute approximate surface area is 217 Å². The zero-order valence-electron chi connectivity index (χ0n) is 22.3. The highest BCUT2D eigenvalue weighted by molar-refractivity contribution is 7.86. The third kappa shape index (κ3) is 4.36. The fraction of sp³-hybridized carbons (Fsp3) is 0.964. The number of amides is 1. The SMILES string of the molecule is C[C@H](CCC(=O)N1CC[C@@H](S(=O)(=O)[O-])C1)[C@H]1CC[C@H]2[C@@H]3CC[C@@H]4C[C@H](O)CC[C@]4(C)[C@H]3C[C@H](O)[C@]12C. The Morgan fingerprint density at radius 3 is 2.50 bits per heavy atom. The Bertz CT molecular complexity index is 956. The van der Waals surface area contributed by atoms with Crippen LogP contribution in [0, 0.1) is 46.3 Å². The molecule has 2 N–H and O–H groups in total. The van der Waals surface area contributed by atoms with Gasteiger partial charge in [-0.25, -0.2) is 8.42 Å². The van der Waals surface area contributed by atoms with E-state index >= 15 is 0 Å². The lowest BCUT2D eigenvalue weighted by atomic mass is 9.43. The number of likely N-dealkylation sites (tertiary alicyclic amines) is 1. The molecule has 0 spiro atoms. The third-order valence-corrected chi connectivity index (χ3v) is 13.4. The van der Waals surface area contributed by atoms with Gasteiger partial charge in [0.1, 0.15) is 0 Å². The average Bonchev–Trinajstić information content (AvgIpc) is 3.45. The molecule has 0 aromatic rings. The number of aliphatic hydroxyl groups is 2. The summed E-state index contributed by atoms with van der Waals surface area (Å²) in [5.41, 5.74) is 0.0993. The van der Waals surface area contributed by atoms with Crippen molar-refractivity contribution >= 4 is 16.0 Å². The lowest BCUT2D eigenvalue weighted by Gasteiger charge is -2.62. The maximum absolute atomic E-state index is 12.8. The summed E-state index contributed by atoms with van der Waals surface area (Å²) in [6.45, 7) is 7.36. The smallest absolute Gasteiger partial charge is 0.222 e. The van der Waals surface area contributed by atoms with Crippen molar-refractivity contribution in [2.45, 2.75) is 109 Å². The second-order valence-electron chi connectivity index (χ2n) is 13.6. The van der Waals surface area contributed by atoms with Crippen LogP contribution >= 0.6 is 0 Å².